The first kappa shape index (κ1) is 12.2. The number of anilines is 2. The quantitative estimate of drug-likeness (QED) is 0.748. The van der Waals surface area contributed by atoms with Crippen LogP contribution in [0.5, 0.6) is 0 Å². The summed E-state index contributed by atoms with van der Waals surface area (Å²) in [5.41, 5.74) is 7.12. The molecule has 0 bridgehead atoms. The van der Waals surface area contributed by atoms with Gasteiger partial charge in [0.1, 0.15) is 0 Å². The number of carbonyl (C=O) groups excluding carboxylic acids is 1. The normalized spacial score (nSPS) is 10.7. The SMILES string of the molecule is Cn1cc(N)c(C(=O)Nc2cccc3ccccc23)n1. The number of amides is 1. The first-order chi connectivity index (χ1) is 9.65. The molecule has 0 aliphatic carbocycles. The maximum Gasteiger partial charge on any atom is 0.278 e. The third-order valence-corrected chi connectivity index (χ3v) is 3.11. The lowest BCUT2D eigenvalue weighted by Crippen LogP contribution is -2.14. The molecule has 3 N–H and O–H groups in total. The van der Waals surface area contributed by atoms with Crippen LogP contribution in [0.3, 0.4) is 0 Å². The van der Waals surface area contributed by atoms with E-state index >= 15 is 0 Å². The molecule has 5 heteroatoms. The van der Waals surface area contributed by atoms with Crippen molar-refractivity contribution in [2.45, 2.75) is 0 Å². The van der Waals surface area contributed by atoms with Crippen LogP contribution >= 0.6 is 0 Å². The molecule has 5 nitrogen and oxygen atoms in total. The van der Waals surface area contributed by atoms with Crippen LogP contribution in [0.4, 0.5) is 11.4 Å². The molecule has 3 aromatic rings. The largest absolute Gasteiger partial charge is 0.396 e. The summed E-state index contributed by atoms with van der Waals surface area (Å²) in [7, 11) is 1.73. The average molecular weight is 266 g/mol. The van der Waals surface area contributed by atoms with Crippen molar-refractivity contribution < 1.29 is 4.79 Å². The van der Waals surface area contributed by atoms with Gasteiger partial charge in [-0.15, -0.1) is 0 Å². The molecule has 0 saturated carbocycles. The minimum atomic E-state index is -0.306. The Morgan fingerprint density at radius 2 is 1.95 bits per heavy atom. The second kappa shape index (κ2) is 4.70. The van der Waals surface area contributed by atoms with Crippen LogP contribution in [0, 0.1) is 0 Å². The molecule has 1 aromatic heterocycles. The van der Waals surface area contributed by atoms with Crippen molar-refractivity contribution in [1.82, 2.24) is 9.78 Å². The lowest BCUT2D eigenvalue weighted by Gasteiger charge is -2.07. The highest BCUT2D eigenvalue weighted by atomic mass is 16.2. The molecule has 0 unspecified atom stereocenters. The molecule has 0 atom stereocenters. The summed E-state index contributed by atoms with van der Waals surface area (Å²) in [6.45, 7) is 0. The van der Waals surface area contributed by atoms with E-state index in [9.17, 15) is 4.79 Å². The van der Waals surface area contributed by atoms with Crippen LogP contribution in [0.2, 0.25) is 0 Å². The molecule has 0 aliphatic heterocycles. The predicted octanol–water partition coefficient (Wildman–Crippen LogP) is 2.41. The van der Waals surface area contributed by atoms with Gasteiger partial charge in [-0.05, 0) is 11.5 Å². The fourth-order valence-corrected chi connectivity index (χ4v) is 2.20. The van der Waals surface area contributed by atoms with E-state index in [-0.39, 0.29) is 11.6 Å². The van der Waals surface area contributed by atoms with E-state index in [1.54, 1.807) is 13.2 Å². The van der Waals surface area contributed by atoms with Gasteiger partial charge < -0.3 is 11.1 Å². The average Bonchev–Trinajstić information content (AvgIpc) is 2.78. The summed E-state index contributed by atoms with van der Waals surface area (Å²) in [6, 6.07) is 13.6. The number of nitrogens with two attached hydrogens (primary N) is 1. The number of fused-ring (bicyclic) bond motifs is 1. The molecule has 100 valence electrons. The van der Waals surface area contributed by atoms with Gasteiger partial charge in [0.2, 0.25) is 0 Å². The van der Waals surface area contributed by atoms with Gasteiger partial charge in [0.15, 0.2) is 5.69 Å². The van der Waals surface area contributed by atoms with Gasteiger partial charge in [-0.3, -0.25) is 9.48 Å². The first-order valence-electron chi connectivity index (χ1n) is 6.23. The summed E-state index contributed by atoms with van der Waals surface area (Å²) in [5, 5.41) is 8.98. The zero-order chi connectivity index (χ0) is 14.1. The van der Waals surface area contributed by atoms with Crippen LogP contribution < -0.4 is 11.1 Å². The Hall–Kier alpha value is -2.82. The number of rotatable bonds is 2. The smallest absolute Gasteiger partial charge is 0.278 e. The number of aryl methyl sites for hydroxylation is 1. The zero-order valence-electron chi connectivity index (χ0n) is 11.0. The summed E-state index contributed by atoms with van der Waals surface area (Å²) in [5.74, 6) is -0.306. The first-order valence-corrected chi connectivity index (χ1v) is 6.23. The number of nitrogens with zero attached hydrogens (tertiary/aromatic N) is 2. The Kier molecular flexibility index (Phi) is 2.87. The molecule has 0 saturated heterocycles. The molecule has 1 amide bonds. The summed E-state index contributed by atoms with van der Waals surface area (Å²) >= 11 is 0. The number of nitrogens with one attached hydrogen (secondary N) is 1. The van der Waals surface area contributed by atoms with E-state index in [0.717, 1.165) is 16.5 Å². The Labute approximate surface area is 116 Å². The fourth-order valence-electron chi connectivity index (χ4n) is 2.20. The molecule has 0 spiro atoms. The minimum Gasteiger partial charge on any atom is -0.396 e. The summed E-state index contributed by atoms with van der Waals surface area (Å²) < 4.78 is 1.52. The number of nitrogen functional groups attached to an aromatic ring is 1. The monoisotopic (exact) mass is 266 g/mol. The van der Waals surface area contributed by atoms with Crippen molar-refractivity contribution >= 4 is 28.1 Å². The molecular weight excluding hydrogens is 252 g/mol. The van der Waals surface area contributed by atoms with Gasteiger partial charge in [-0.2, -0.15) is 5.10 Å². The number of hydrogen-bond donors (Lipinski definition) is 2. The molecule has 1 heterocycles. The molecule has 20 heavy (non-hydrogen) atoms. The van der Waals surface area contributed by atoms with Crippen molar-refractivity contribution in [3.63, 3.8) is 0 Å². The lowest BCUT2D eigenvalue weighted by atomic mass is 10.1. The lowest BCUT2D eigenvalue weighted by molar-refractivity contribution is 0.102. The molecular formula is C15H14N4O. The Balaban J connectivity index is 1.97. The van der Waals surface area contributed by atoms with E-state index in [1.165, 1.54) is 4.68 Å². The Morgan fingerprint density at radius 3 is 2.70 bits per heavy atom. The van der Waals surface area contributed by atoms with Crippen molar-refractivity contribution in [2.75, 3.05) is 11.1 Å². The van der Waals surface area contributed by atoms with E-state index in [1.807, 2.05) is 42.5 Å². The van der Waals surface area contributed by atoms with Crippen molar-refractivity contribution in [3.8, 4) is 0 Å². The van der Waals surface area contributed by atoms with Crippen LogP contribution in [-0.4, -0.2) is 15.7 Å². The van der Waals surface area contributed by atoms with E-state index < -0.39 is 0 Å². The second-order valence-electron chi connectivity index (χ2n) is 4.59. The van der Waals surface area contributed by atoms with Gasteiger partial charge in [-0.25, -0.2) is 0 Å². The molecule has 0 fully saturated rings. The maximum absolute atomic E-state index is 12.2. The third-order valence-electron chi connectivity index (χ3n) is 3.11. The molecule has 0 aliphatic rings. The van der Waals surface area contributed by atoms with Crippen molar-refractivity contribution in [3.05, 3.63) is 54.4 Å². The standard InChI is InChI=1S/C15H14N4O/c1-19-9-12(16)14(18-19)15(20)17-13-8-4-6-10-5-2-3-7-11(10)13/h2-9H,16H2,1H3,(H,17,20). The molecule has 0 radical (unpaired) electrons. The van der Waals surface area contributed by atoms with Gasteiger partial charge in [0.25, 0.3) is 5.91 Å². The number of hydrogen-bond acceptors (Lipinski definition) is 3. The summed E-state index contributed by atoms with van der Waals surface area (Å²) in [4.78, 5) is 12.2. The number of benzene rings is 2. The fraction of sp³-hybridized carbons (Fsp3) is 0.0667. The van der Waals surface area contributed by atoms with Gasteiger partial charge in [0, 0.05) is 24.3 Å². The maximum atomic E-state index is 12.2. The Bertz CT molecular complexity index is 786. The van der Waals surface area contributed by atoms with E-state index in [0.29, 0.717) is 5.69 Å². The van der Waals surface area contributed by atoms with Crippen LogP contribution in [0.25, 0.3) is 10.8 Å². The van der Waals surface area contributed by atoms with Crippen molar-refractivity contribution in [2.24, 2.45) is 7.05 Å². The minimum absolute atomic E-state index is 0.237. The van der Waals surface area contributed by atoms with E-state index in [4.69, 9.17) is 5.73 Å². The molecule has 3 rings (SSSR count). The highest BCUT2D eigenvalue weighted by Crippen LogP contribution is 2.23. The zero-order valence-corrected chi connectivity index (χ0v) is 11.0. The third kappa shape index (κ3) is 2.09. The predicted molar refractivity (Wildman–Crippen MR) is 79.5 cm³/mol. The number of carbonyl (C=O) groups is 1. The van der Waals surface area contributed by atoms with Crippen LogP contribution in [0.1, 0.15) is 10.5 Å². The second-order valence-corrected chi connectivity index (χ2v) is 4.59. The summed E-state index contributed by atoms with van der Waals surface area (Å²) in [6.07, 6.45) is 1.61. The van der Waals surface area contributed by atoms with Crippen LogP contribution in [0.15, 0.2) is 48.7 Å². The highest BCUT2D eigenvalue weighted by Gasteiger charge is 2.14. The van der Waals surface area contributed by atoms with Gasteiger partial charge >= 0.3 is 0 Å². The van der Waals surface area contributed by atoms with Gasteiger partial charge in [0.05, 0.1) is 5.69 Å². The number of aromatic nitrogens is 2. The van der Waals surface area contributed by atoms with Crippen LogP contribution in [-0.2, 0) is 7.05 Å². The topological polar surface area (TPSA) is 72.9 Å². The Morgan fingerprint density at radius 1 is 1.20 bits per heavy atom. The highest BCUT2D eigenvalue weighted by molar-refractivity contribution is 6.10. The molecule has 2 aromatic carbocycles. The van der Waals surface area contributed by atoms with Crippen molar-refractivity contribution in [1.29, 1.82) is 0 Å². The van der Waals surface area contributed by atoms with E-state index in [2.05, 4.69) is 10.4 Å². The van der Waals surface area contributed by atoms with Gasteiger partial charge in [-0.1, -0.05) is 36.4 Å².